The molecule has 17 heavy (non-hydrogen) atoms. The zero-order valence-electron chi connectivity index (χ0n) is 11.8. The quantitative estimate of drug-likeness (QED) is 0.689. The van der Waals surface area contributed by atoms with Crippen molar-refractivity contribution in [2.45, 2.75) is 65.3 Å². The maximum atomic E-state index is 5.72. The van der Waals surface area contributed by atoms with E-state index in [0.29, 0.717) is 12.2 Å². The highest BCUT2D eigenvalue weighted by atomic mass is 16.5. The van der Waals surface area contributed by atoms with Crippen molar-refractivity contribution in [2.75, 3.05) is 19.8 Å². The SMILES string of the molecule is CC(C)OCCC1CCOC(COC(C)C)C1. The van der Waals surface area contributed by atoms with Crippen molar-refractivity contribution in [3.05, 3.63) is 0 Å². The van der Waals surface area contributed by atoms with Gasteiger partial charge in [0, 0.05) is 13.2 Å². The normalized spacial score (nSPS) is 25.8. The van der Waals surface area contributed by atoms with Crippen LogP contribution in [0.3, 0.4) is 0 Å². The van der Waals surface area contributed by atoms with E-state index in [0.717, 1.165) is 38.6 Å². The van der Waals surface area contributed by atoms with E-state index in [-0.39, 0.29) is 6.10 Å². The van der Waals surface area contributed by atoms with E-state index in [4.69, 9.17) is 14.2 Å². The van der Waals surface area contributed by atoms with Crippen LogP contribution in [0.15, 0.2) is 0 Å². The number of rotatable bonds is 7. The lowest BCUT2D eigenvalue weighted by Gasteiger charge is -2.30. The zero-order valence-corrected chi connectivity index (χ0v) is 11.8. The first-order valence-electron chi connectivity index (χ1n) is 6.92. The Morgan fingerprint density at radius 2 is 1.82 bits per heavy atom. The van der Waals surface area contributed by atoms with E-state index in [1.807, 2.05) is 0 Å². The van der Waals surface area contributed by atoms with Gasteiger partial charge in [-0.2, -0.15) is 0 Å². The molecule has 2 unspecified atom stereocenters. The average molecular weight is 244 g/mol. The molecule has 102 valence electrons. The minimum Gasteiger partial charge on any atom is -0.379 e. The third-order valence-corrected chi connectivity index (χ3v) is 3.07. The standard InChI is InChI=1S/C14H28O3/c1-11(2)15-7-5-13-6-8-16-14(9-13)10-17-12(3)4/h11-14H,5-10H2,1-4H3. The molecule has 1 fully saturated rings. The first kappa shape index (κ1) is 14.9. The Labute approximate surface area is 106 Å². The van der Waals surface area contributed by atoms with Crippen molar-refractivity contribution in [3.63, 3.8) is 0 Å². The van der Waals surface area contributed by atoms with Crippen LogP contribution < -0.4 is 0 Å². The molecule has 0 radical (unpaired) electrons. The monoisotopic (exact) mass is 244 g/mol. The highest BCUT2D eigenvalue weighted by Crippen LogP contribution is 2.23. The average Bonchev–Trinajstić information content (AvgIpc) is 2.26. The summed E-state index contributed by atoms with van der Waals surface area (Å²) in [5.74, 6) is 0.739. The smallest absolute Gasteiger partial charge is 0.0811 e. The first-order chi connectivity index (χ1) is 8.08. The van der Waals surface area contributed by atoms with Crippen molar-refractivity contribution in [1.29, 1.82) is 0 Å². The summed E-state index contributed by atoms with van der Waals surface area (Å²) in [6.07, 6.45) is 4.36. The zero-order chi connectivity index (χ0) is 12.7. The summed E-state index contributed by atoms with van der Waals surface area (Å²) in [4.78, 5) is 0. The summed E-state index contributed by atoms with van der Waals surface area (Å²) >= 11 is 0. The molecule has 3 heteroatoms. The molecule has 0 N–H and O–H groups in total. The van der Waals surface area contributed by atoms with Crippen LogP contribution in [0.5, 0.6) is 0 Å². The van der Waals surface area contributed by atoms with E-state index in [1.54, 1.807) is 0 Å². The van der Waals surface area contributed by atoms with Gasteiger partial charge >= 0.3 is 0 Å². The third kappa shape index (κ3) is 7.02. The van der Waals surface area contributed by atoms with Crippen molar-refractivity contribution in [2.24, 2.45) is 5.92 Å². The number of hydrogen-bond acceptors (Lipinski definition) is 3. The van der Waals surface area contributed by atoms with Gasteiger partial charge in [-0.25, -0.2) is 0 Å². The Balaban J connectivity index is 2.14. The molecule has 1 aliphatic heterocycles. The summed E-state index contributed by atoms with van der Waals surface area (Å²) in [7, 11) is 0. The fraction of sp³-hybridized carbons (Fsp3) is 1.00. The molecular formula is C14H28O3. The van der Waals surface area contributed by atoms with Gasteiger partial charge in [-0.15, -0.1) is 0 Å². The summed E-state index contributed by atoms with van der Waals surface area (Å²) in [6.45, 7) is 10.8. The van der Waals surface area contributed by atoms with Crippen molar-refractivity contribution >= 4 is 0 Å². The summed E-state index contributed by atoms with van der Waals surface area (Å²) in [5.41, 5.74) is 0. The predicted octanol–water partition coefficient (Wildman–Crippen LogP) is 3.02. The molecule has 1 heterocycles. The van der Waals surface area contributed by atoms with Crippen LogP contribution in [0.1, 0.15) is 47.0 Å². The molecule has 0 bridgehead atoms. The van der Waals surface area contributed by atoms with Gasteiger partial charge in [0.25, 0.3) is 0 Å². The fourth-order valence-electron chi connectivity index (χ4n) is 2.11. The molecule has 0 saturated carbocycles. The summed E-state index contributed by atoms with van der Waals surface area (Å²) < 4.78 is 16.9. The molecule has 0 aromatic rings. The molecule has 0 aliphatic carbocycles. The summed E-state index contributed by atoms with van der Waals surface area (Å²) in [5, 5.41) is 0. The third-order valence-electron chi connectivity index (χ3n) is 3.07. The molecule has 0 spiro atoms. The molecule has 1 saturated heterocycles. The fourth-order valence-corrected chi connectivity index (χ4v) is 2.11. The Hall–Kier alpha value is -0.120. The van der Waals surface area contributed by atoms with Crippen LogP contribution in [0.2, 0.25) is 0 Å². The van der Waals surface area contributed by atoms with Gasteiger partial charge in [0.2, 0.25) is 0 Å². The highest BCUT2D eigenvalue weighted by Gasteiger charge is 2.22. The molecule has 0 aromatic heterocycles. The second kappa shape index (κ2) is 8.06. The van der Waals surface area contributed by atoms with Crippen LogP contribution in [0.4, 0.5) is 0 Å². The van der Waals surface area contributed by atoms with Crippen LogP contribution in [-0.2, 0) is 14.2 Å². The predicted molar refractivity (Wildman–Crippen MR) is 69.3 cm³/mol. The highest BCUT2D eigenvalue weighted by molar-refractivity contribution is 4.71. The van der Waals surface area contributed by atoms with Crippen LogP contribution in [-0.4, -0.2) is 38.1 Å². The molecule has 1 aliphatic rings. The summed E-state index contributed by atoms with van der Waals surface area (Å²) in [6, 6.07) is 0. The Bertz CT molecular complexity index is 192. The molecule has 0 aromatic carbocycles. The topological polar surface area (TPSA) is 27.7 Å². The van der Waals surface area contributed by atoms with Gasteiger partial charge in [-0.3, -0.25) is 0 Å². The maximum Gasteiger partial charge on any atom is 0.0811 e. The minimum absolute atomic E-state index is 0.287. The lowest BCUT2D eigenvalue weighted by atomic mass is 9.93. The van der Waals surface area contributed by atoms with Gasteiger partial charge in [-0.05, 0) is 52.9 Å². The van der Waals surface area contributed by atoms with E-state index < -0.39 is 0 Å². The van der Waals surface area contributed by atoms with Gasteiger partial charge in [-0.1, -0.05) is 0 Å². The number of hydrogen-bond donors (Lipinski definition) is 0. The van der Waals surface area contributed by atoms with E-state index in [2.05, 4.69) is 27.7 Å². The second-order valence-corrected chi connectivity index (χ2v) is 5.47. The Kier molecular flexibility index (Phi) is 7.09. The van der Waals surface area contributed by atoms with Crippen molar-refractivity contribution < 1.29 is 14.2 Å². The second-order valence-electron chi connectivity index (χ2n) is 5.47. The van der Waals surface area contributed by atoms with Gasteiger partial charge in [0.15, 0.2) is 0 Å². The van der Waals surface area contributed by atoms with E-state index in [9.17, 15) is 0 Å². The minimum atomic E-state index is 0.287. The maximum absolute atomic E-state index is 5.72. The van der Waals surface area contributed by atoms with Crippen LogP contribution in [0.25, 0.3) is 0 Å². The Morgan fingerprint density at radius 3 is 2.47 bits per heavy atom. The molecule has 1 rings (SSSR count). The van der Waals surface area contributed by atoms with E-state index >= 15 is 0 Å². The van der Waals surface area contributed by atoms with E-state index in [1.165, 1.54) is 6.42 Å². The lowest BCUT2D eigenvalue weighted by Crippen LogP contribution is -2.31. The Morgan fingerprint density at radius 1 is 1.12 bits per heavy atom. The number of ether oxygens (including phenoxy) is 3. The molecule has 3 nitrogen and oxygen atoms in total. The van der Waals surface area contributed by atoms with Crippen molar-refractivity contribution in [1.82, 2.24) is 0 Å². The van der Waals surface area contributed by atoms with Gasteiger partial charge in [0.05, 0.1) is 24.9 Å². The van der Waals surface area contributed by atoms with Crippen LogP contribution >= 0.6 is 0 Å². The van der Waals surface area contributed by atoms with Crippen LogP contribution in [0, 0.1) is 5.92 Å². The molecular weight excluding hydrogens is 216 g/mol. The van der Waals surface area contributed by atoms with Gasteiger partial charge < -0.3 is 14.2 Å². The lowest BCUT2D eigenvalue weighted by molar-refractivity contribution is -0.0736. The first-order valence-corrected chi connectivity index (χ1v) is 6.92. The molecule has 2 atom stereocenters. The molecule has 0 amide bonds. The van der Waals surface area contributed by atoms with Crippen molar-refractivity contribution in [3.8, 4) is 0 Å². The van der Waals surface area contributed by atoms with Gasteiger partial charge in [0.1, 0.15) is 0 Å². The largest absolute Gasteiger partial charge is 0.379 e.